The van der Waals surface area contributed by atoms with Crippen LogP contribution < -0.4 is 5.73 Å². The number of benzene rings is 3. The van der Waals surface area contributed by atoms with Gasteiger partial charge < -0.3 is 25.5 Å². The first kappa shape index (κ1) is 37.8. The predicted molar refractivity (Wildman–Crippen MR) is 216 cm³/mol. The number of likely N-dealkylation sites (N-methyl/N-ethyl adjacent to an activating group) is 1. The number of carbonyl (C=O) groups is 2. The second-order valence-electron chi connectivity index (χ2n) is 15.0. The summed E-state index contributed by atoms with van der Waals surface area (Å²) in [6, 6.07) is 25.4. The lowest BCUT2D eigenvalue weighted by molar-refractivity contribution is -0.138. The molecule has 0 bridgehead atoms. The van der Waals surface area contributed by atoms with Crippen molar-refractivity contribution in [2.45, 2.75) is 77.5 Å². The molecule has 5 aromatic rings. The Labute approximate surface area is 324 Å². The first-order chi connectivity index (χ1) is 26.7. The molecule has 0 unspecified atom stereocenters. The molecule has 3 aromatic carbocycles. The number of nitrogens with one attached hydrogen (secondary N) is 2. The van der Waals surface area contributed by atoms with Gasteiger partial charge in [-0.25, -0.2) is 9.97 Å². The van der Waals surface area contributed by atoms with Crippen molar-refractivity contribution in [2.75, 3.05) is 26.2 Å². The molecule has 7 rings (SSSR count). The number of hydrogen-bond acceptors (Lipinski definition) is 6. The number of hydrogen-bond donors (Lipinski definition) is 3. The van der Waals surface area contributed by atoms with Gasteiger partial charge >= 0.3 is 0 Å². The molecule has 10 nitrogen and oxygen atoms in total. The van der Waals surface area contributed by atoms with Crippen molar-refractivity contribution in [3.63, 3.8) is 0 Å². The highest BCUT2D eigenvalue weighted by Crippen LogP contribution is 2.36. The minimum absolute atomic E-state index is 0.00692. The maximum Gasteiger partial charge on any atom is 0.245 e. The number of amides is 2. The number of imidazole rings is 2. The van der Waals surface area contributed by atoms with E-state index in [1.165, 1.54) is 0 Å². The fraction of sp³-hybridized carbons (Fsp3) is 0.378. The molecule has 284 valence electrons. The third kappa shape index (κ3) is 8.14. The average Bonchev–Trinajstić information content (AvgIpc) is 4.06. The Hall–Kier alpha value is -5.50. The number of aromatic amines is 2. The predicted octanol–water partition coefficient (Wildman–Crippen LogP) is 7.26. The maximum absolute atomic E-state index is 14.2. The van der Waals surface area contributed by atoms with Crippen LogP contribution in [0.4, 0.5) is 0 Å². The standard InChI is InChI=1S/C45H52N8O2/c1-5-51(6-2)41(35-12-8-7-9-13-35)45(55)53-27-11-15-39(53)43-48-29-37(50-43)34-24-20-32(21-25-34)17-16-31-18-22-33(23-19-31)36-28-47-42(49-36)38-14-10-26-52(38)44(54)40(46)30(3)4/h7-9,12-13,18-25,28-30,38-41H,5-6,10-11,14-15,26-27,46H2,1-4H3,(H,47,49)(H,48,50)/t38-,39-,40-,41+/m0/s1. The molecule has 0 aliphatic carbocycles. The van der Waals surface area contributed by atoms with Gasteiger partial charge in [-0.15, -0.1) is 0 Å². The second kappa shape index (κ2) is 16.9. The molecule has 2 fully saturated rings. The fourth-order valence-electron chi connectivity index (χ4n) is 7.91. The number of nitrogens with zero attached hydrogens (tertiary/aromatic N) is 5. The zero-order valence-electron chi connectivity index (χ0n) is 32.3. The lowest BCUT2D eigenvalue weighted by Gasteiger charge is -2.34. The van der Waals surface area contributed by atoms with Crippen LogP contribution >= 0.6 is 0 Å². The van der Waals surface area contributed by atoms with Crippen molar-refractivity contribution in [2.24, 2.45) is 11.7 Å². The van der Waals surface area contributed by atoms with Gasteiger partial charge in [-0.1, -0.05) is 94.1 Å². The molecule has 4 heterocycles. The van der Waals surface area contributed by atoms with Gasteiger partial charge in [-0.05, 0) is 85.6 Å². The molecule has 0 radical (unpaired) electrons. The summed E-state index contributed by atoms with van der Waals surface area (Å²) in [5.41, 5.74) is 12.9. The third-order valence-corrected chi connectivity index (χ3v) is 11.2. The Balaban J connectivity index is 0.991. The monoisotopic (exact) mass is 736 g/mol. The molecule has 4 N–H and O–H groups in total. The number of aromatic nitrogens is 4. The summed E-state index contributed by atoms with van der Waals surface area (Å²) >= 11 is 0. The summed E-state index contributed by atoms with van der Waals surface area (Å²) in [6.07, 6.45) is 7.34. The molecule has 2 aliphatic heterocycles. The van der Waals surface area contributed by atoms with E-state index in [0.29, 0.717) is 6.54 Å². The van der Waals surface area contributed by atoms with Crippen LogP contribution in [0.25, 0.3) is 22.5 Å². The minimum atomic E-state index is -0.504. The smallest absolute Gasteiger partial charge is 0.245 e. The molecule has 0 saturated carbocycles. The van der Waals surface area contributed by atoms with Crippen molar-refractivity contribution in [1.82, 2.24) is 34.6 Å². The number of carbonyl (C=O) groups excluding carboxylic acids is 2. The molecule has 2 saturated heterocycles. The van der Waals surface area contributed by atoms with Crippen molar-refractivity contribution >= 4 is 11.8 Å². The normalized spacial score (nSPS) is 18.1. The molecule has 2 aliphatic rings. The Morgan fingerprint density at radius 3 is 1.67 bits per heavy atom. The topological polar surface area (TPSA) is 127 Å². The summed E-state index contributed by atoms with van der Waals surface area (Å²) in [5.74, 6) is 8.42. The number of nitrogens with two attached hydrogens (primary N) is 1. The molecule has 10 heteroatoms. The van der Waals surface area contributed by atoms with Crippen molar-refractivity contribution < 1.29 is 9.59 Å². The first-order valence-corrected chi connectivity index (χ1v) is 19.7. The maximum atomic E-state index is 14.2. The highest BCUT2D eigenvalue weighted by molar-refractivity contribution is 5.84. The van der Waals surface area contributed by atoms with Gasteiger partial charge in [0.15, 0.2) is 0 Å². The van der Waals surface area contributed by atoms with E-state index in [1.807, 2.05) is 90.6 Å². The summed E-state index contributed by atoms with van der Waals surface area (Å²) in [7, 11) is 0. The van der Waals surface area contributed by atoms with Crippen LogP contribution in [0.2, 0.25) is 0 Å². The van der Waals surface area contributed by atoms with Crippen LogP contribution in [0.1, 0.15) is 99.8 Å². The van der Waals surface area contributed by atoms with Gasteiger partial charge in [0.25, 0.3) is 0 Å². The Kier molecular flexibility index (Phi) is 11.6. The highest BCUT2D eigenvalue weighted by atomic mass is 16.2. The van der Waals surface area contributed by atoms with Gasteiger partial charge in [0, 0.05) is 24.2 Å². The Morgan fingerprint density at radius 2 is 1.22 bits per heavy atom. The number of likely N-dealkylation sites (tertiary alicyclic amines) is 2. The minimum Gasteiger partial charge on any atom is -0.340 e. The molecule has 4 atom stereocenters. The van der Waals surface area contributed by atoms with Crippen molar-refractivity contribution in [1.29, 1.82) is 0 Å². The Bertz CT molecular complexity index is 2120. The average molecular weight is 737 g/mol. The zero-order chi connectivity index (χ0) is 38.5. The van der Waals surface area contributed by atoms with E-state index in [1.54, 1.807) is 0 Å². The SMILES string of the molecule is CCN(CC)[C@@H](C(=O)N1CCC[C@H]1c1ncc(-c2ccc(C#Cc3ccc(-c4cnc([C@@H]5CCCN5C(=O)[C@@H](N)C(C)C)[nH]4)cc3)cc2)[nH]1)c1ccccc1. The summed E-state index contributed by atoms with van der Waals surface area (Å²) < 4.78 is 0. The molecular formula is C45H52N8O2. The summed E-state index contributed by atoms with van der Waals surface area (Å²) in [6.45, 7) is 11.2. The van der Waals surface area contributed by atoms with Gasteiger partial charge in [0.05, 0.1) is 41.9 Å². The fourth-order valence-corrected chi connectivity index (χ4v) is 7.91. The molecule has 2 amide bonds. The van der Waals surface area contributed by atoms with E-state index in [0.717, 1.165) is 96.2 Å². The van der Waals surface area contributed by atoms with E-state index < -0.39 is 6.04 Å². The summed E-state index contributed by atoms with van der Waals surface area (Å²) in [4.78, 5) is 49.8. The van der Waals surface area contributed by atoms with E-state index in [9.17, 15) is 9.59 Å². The van der Waals surface area contributed by atoms with Gasteiger partial charge in [0.1, 0.15) is 17.7 Å². The van der Waals surface area contributed by atoms with Crippen LogP contribution in [-0.4, -0.2) is 78.7 Å². The highest BCUT2D eigenvalue weighted by Gasteiger charge is 2.38. The van der Waals surface area contributed by atoms with Crippen LogP contribution in [-0.2, 0) is 9.59 Å². The van der Waals surface area contributed by atoms with E-state index in [-0.39, 0.29) is 35.9 Å². The quantitative estimate of drug-likeness (QED) is 0.123. The number of H-pyrrole nitrogens is 2. The molecule has 2 aromatic heterocycles. The lowest BCUT2D eigenvalue weighted by Crippen LogP contribution is -2.46. The molecule has 0 spiro atoms. The molecular weight excluding hydrogens is 685 g/mol. The van der Waals surface area contributed by atoms with E-state index in [4.69, 9.17) is 10.7 Å². The van der Waals surface area contributed by atoms with E-state index >= 15 is 0 Å². The number of rotatable bonds is 11. The van der Waals surface area contributed by atoms with Crippen LogP contribution in [0.5, 0.6) is 0 Å². The summed E-state index contributed by atoms with van der Waals surface area (Å²) in [5, 5.41) is 0. The van der Waals surface area contributed by atoms with Gasteiger partial charge in [-0.3, -0.25) is 14.5 Å². The van der Waals surface area contributed by atoms with Crippen molar-refractivity contribution in [3.8, 4) is 34.4 Å². The van der Waals surface area contributed by atoms with Crippen molar-refractivity contribution in [3.05, 3.63) is 120 Å². The Morgan fingerprint density at radius 1 is 0.745 bits per heavy atom. The zero-order valence-corrected chi connectivity index (χ0v) is 32.3. The lowest BCUT2D eigenvalue weighted by atomic mass is 10.0. The largest absolute Gasteiger partial charge is 0.340 e. The van der Waals surface area contributed by atoms with Crippen LogP contribution in [0.15, 0.2) is 91.3 Å². The third-order valence-electron chi connectivity index (χ3n) is 11.2. The van der Waals surface area contributed by atoms with Crippen LogP contribution in [0.3, 0.4) is 0 Å². The van der Waals surface area contributed by atoms with Crippen LogP contribution in [0, 0.1) is 17.8 Å². The second-order valence-corrected chi connectivity index (χ2v) is 15.0. The molecule has 55 heavy (non-hydrogen) atoms. The first-order valence-electron chi connectivity index (χ1n) is 19.7. The van der Waals surface area contributed by atoms with E-state index in [2.05, 4.69) is 69.8 Å². The van der Waals surface area contributed by atoms with Gasteiger partial charge in [0.2, 0.25) is 11.8 Å². The van der Waals surface area contributed by atoms with Gasteiger partial charge in [-0.2, -0.15) is 0 Å².